The predicted molar refractivity (Wildman–Crippen MR) is 107 cm³/mol. The third-order valence-electron chi connectivity index (χ3n) is 4.62. The lowest BCUT2D eigenvalue weighted by atomic mass is 9.93. The average Bonchev–Trinajstić information content (AvgIpc) is 2.59. The molecule has 9 heteroatoms. The molecule has 0 saturated carbocycles. The molecule has 0 spiro atoms. The summed E-state index contributed by atoms with van der Waals surface area (Å²) in [7, 11) is 0.254. The smallest absolute Gasteiger partial charge is 0.293 e. The highest BCUT2D eigenvalue weighted by atomic mass is 32.2. The summed E-state index contributed by atoms with van der Waals surface area (Å²) in [6, 6.07) is 4.13. The number of sulfonamides is 1. The van der Waals surface area contributed by atoms with Crippen LogP contribution in [-0.4, -0.2) is 62.8 Å². The van der Waals surface area contributed by atoms with Crippen LogP contribution in [0.25, 0.3) is 0 Å². The van der Waals surface area contributed by atoms with E-state index in [9.17, 15) is 18.5 Å². The molecule has 1 N–H and O–H groups in total. The van der Waals surface area contributed by atoms with Crippen LogP contribution in [0.5, 0.6) is 0 Å². The summed E-state index contributed by atoms with van der Waals surface area (Å²) in [6.45, 7) is 6.42. The van der Waals surface area contributed by atoms with Crippen molar-refractivity contribution in [2.24, 2.45) is 5.41 Å². The zero-order chi connectivity index (χ0) is 20.2. The van der Waals surface area contributed by atoms with Gasteiger partial charge in [-0.25, -0.2) is 8.42 Å². The lowest BCUT2D eigenvalue weighted by Crippen LogP contribution is -2.35. The molecule has 152 valence electrons. The Balaban J connectivity index is 2.25. The Kier molecular flexibility index (Phi) is 6.82. The van der Waals surface area contributed by atoms with Crippen LogP contribution in [-0.2, 0) is 10.0 Å². The van der Waals surface area contributed by atoms with Crippen LogP contribution in [0.1, 0.15) is 33.1 Å². The molecule has 0 unspecified atom stereocenters. The second-order valence-electron chi connectivity index (χ2n) is 8.16. The molecule has 27 heavy (non-hydrogen) atoms. The molecule has 0 amide bonds. The summed E-state index contributed by atoms with van der Waals surface area (Å²) < 4.78 is 27.0. The fourth-order valence-corrected chi connectivity index (χ4v) is 5.01. The van der Waals surface area contributed by atoms with Crippen LogP contribution in [0.4, 0.5) is 11.4 Å². The molecular formula is C18H30N4O4S. The third-order valence-corrected chi connectivity index (χ3v) is 6.51. The van der Waals surface area contributed by atoms with Crippen molar-refractivity contribution in [2.75, 3.05) is 45.6 Å². The third kappa shape index (κ3) is 5.63. The van der Waals surface area contributed by atoms with Crippen LogP contribution in [0.3, 0.4) is 0 Å². The second-order valence-corrected chi connectivity index (χ2v) is 10.1. The summed E-state index contributed by atoms with van der Waals surface area (Å²) in [6.07, 6.45) is 2.65. The first-order valence-electron chi connectivity index (χ1n) is 9.20. The molecule has 2 rings (SSSR count). The standard InChI is InChI=1S/C18H30N4O4S/c1-18(2,14-20(3)4)13-19-16-9-8-15(12-17(16)22(23)24)27(25,26)21-10-6-5-7-11-21/h8-9,12,19H,5-7,10-11,13-14H2,1-4H3. The van der Waals surface area contributed by atoms with E-state index >= 15 is 0 Å². The molecule has 0 atom stereocenters. The van der Waals surface area contributed by atoms with Crippen molar-refractivity contribution in [3.8, 4) is 0 Å². The van der Waals surface area contributed by atoms with Crippen molar-refractivity contribution in [1.82, 2.24) is 9.21 Å². The quantitative estimate of drug-likeness (QED) is 0.534. The number of anilines is 1. The van der Waals surface area contributed by atoms with E-state index in [1.807, 2.05) is 14.1 Å². The Morgan fingerprint density at radius 3 is 2.41 bits per heavy atom. The van der Waals surface area contributed by atoms with E-state index in [4.69, 9.17) is 0 Å². The summed E-state index contributed by atoms with van der Waals surface area (Å²) in [5.74, 6) is 0. The van der Waals surface area contributed by atoms with Crippen LogP contribution in [0.2, 0.25) is 0 Å². The highest BCUT2D eigenvalue weighted by Crippen LogP contribution is 2.31. The van der Waals surface area contributed by atoms with E-state index < -0.39 is 14.9 Å². The van der Waals surface area contributed by atoms with Crippen molar-refractivity contribution >= 4 is 21.4 Å². The monoisotopic (exact) mass is 398 g/mol. The van der Waals surface area contributed by atoms with Crippen molar-refractivity contribution < 1.29 is 13.3 Å². The van der Waals surface area contributed by atoms with Gasteiger partial charge in [-0.15, -0.1) is 0 Å². The number of nitro benzene ring substituents is 1. The first-order valence-corrected chi connectivity index (χ1v) is 10.6. The van der Waals surface area contributed by atoms with Crippen molar-refractivity contribution in [3.05, 3.63) is 28.3 Å². The molecule has 0 bridgehead atoms. The van der Waals surface area contributed by atoms with Gasteiger partial charge in [0, 0.05) is 32.2 Å². The van der Waals surface area contributed by atoms with Gasteiger partial charge in [-0.05, 0) is 44.5 Å². The van der Waals surface area contributed by atoms with Gasteiger partial charge in [0.15, 0.2) is 0 Å². The fourth-order valence-electron chi connectivity index (χ4n) is 3.47. The number of nitrogens with one attached hydrogen (secondary N) is 1. The Morgan fingerprint density at radius 2 is 1.85 bits per heavy atom. The lowest BCUT2D eigenvalue weighted by Gasteiger charge is -2.29. The Morgan fingerprint density at radius 1 is 1.22 bits per heavy atom. The summed E-state index contributed by atoms with van der Waals surface area (Å²) in [5, 5.41) is 14.7. The minimum atomic E-state index is -3.70. The van der Waals surface area contributed by atoms with Gasteiger partial charge < -0.3 is 10.2 Å². The van der Waals surface area contributed by atoms with E-state index in [1.54, 1.807) is 0 Å². The molecule has 0 aliphatic carbocycles. The molecule has 1 saturated heterocycles. The van der Waals surface area contributed by atoms with E-state index in [0.717, 1.165) is 25.8 Å². The predicted octanol–water partition coefficient (Wildman–Crippen LogP) is 2.77. The van der Waals surface area contributed by atoms with Gasteiger partial charge in [-0.1, -0.05) is 20.3 Å². The highest BCUT2D eigenvalue weighted by molar-refractivity contribution is 7.89. The molecule has 1 heterocycles. The highest BCUT2D eigenvalue weighted by Gasteiger charge is 2.29. The van der Waals surface area contributed by atoms with Crippen molar-refractivity contribution in [3.63, 3.8) is 0 Å². The van der Waals surface area contributed by atoms with Crippen LogP contribution >= 0.6 is 0 Å². The number of benzene rings is 1. The first kappa shape index (κ1) is 21.6. The largest absolute Gasteiger partial charge is 0.379 e. The topological polar surface area (TPSA) is 95.8 Å². The maximum Gasteiger partial charge on any atom is 0.293 e. The average molecular weight is 399 g/mol. The number of piperidine rings is 1. The van der Waals surface area contributed by atoms with Crippen LogP contribution < -0.4 is 5.32 Å². The number of hydrogen-bond acceptors (Lipinski definition) is 6. The number of nitro groups is 1. The number of nitrogens with zero attached hydrogens (tertiary/aromatic N) is 3. The van der Waals surface area contributed by atoms with Gasteiger partial charge in [0.25, 0.3) is 5.69 Å². The molecule has 1 aromatic carbocycles. The zero-order valence-corrected chi connectivity index (χ0v) is 17.4. The Bertz CT molecular complexity index is 772. The fraction of sp³-hybridized carbons (Fsp3) is 0.667. The molecule has 8 nitrogen and oxygen atoms in total. The van der Waals surface area contributed by atoms with Crippen LogP contribution in [0, 0.1) is 15.5 Å². The normalized spacial score (nSPS) is 16.5. The van der Waals surface area contributed by atoms with E-state index in [-0.39, 0.29) is 16.0 Å². The molecule has 1 aliphatic heterocycles. The summed E-state index contributed by atoms with van der Waals surface area (Å²) in [5.41, 5.74) is 0.0220. The molecule has 0 aromatic heterocycles. The van der Waals surface area contributed by atoms with E-state index in [0.29, 0.717) is 25.3 Å². The lowest BCUT2D eigenvalue weighted by molar-refractivity contribution is -0.384. The number of rotatable bonds is 8. The van der Waals surface area contributed by atoms with Crippen molar-refractivity contribution in [1.29, 1.82) is 0 Å². The van der Waals surface area contributed by atoms with Gasteiger partial charge in [-0.3, -0.25) is 10.1 Å². The minimum absolute atomic E-state index is 0.0193. The second kappa shape index (κ2) is 8.53. The molecule has 0 radical (unpaired) electrons. The van der Waals surface area contributed by atoms with Crippen LogP contribution in [0.15, 0.2) is 23.1 Å². The zero-order valence-electron chi connectivity index (χ0n) is 16.6. The SMILES string of the molecule is CN(C)CC(C)(C)CNc1ccc(S(=O)(=O)N2CCCCC2)cc1[N+](=O)[O-]. The van der Waals surface area contributed by atoms with Gasteiger partial charge in [0.05, 0.1) is 9.82 Å². The molecule has 1 aromatic rings. The van der Waals surface area contributed by atoms with E-state index in [2.05, 4.69) is 24.1 Å². The molecular weight excluding hydrogens is 368 g/mol. The molecule has 1 fully saturated rings. The Hall–Kier alpha value is -1.71. The Labute approximate surface area is 161 Å². The molecule has 1 aliphatic rings. The summed E-state index contributed by atoms with van der Waals surface area (Å²) in [4.78, 5) is 13.0. The van der Waals surface area contributed by atoms with Gasteiger partial charge in [0.2, 0.25) is 10.0 Å². The summed E-state index contributed by atoms with van der Waals surface area (Å²) >= 11 is 0. The maximum atomic E-state index is 12.8. The maximum absolute atomic E-state index is 12.8. The van der Waals surface area contributed by atoms with Gasteiger partial charge >= 0.3 is 0 Å². The van der Waals surface area contributed by atoms with Gasteiger partial charge in [0.1, 0.15) is 5.69 Å². The number of hydrogen-bond donors (Lipinski definition) is 1. The first-order chi connectivity index (χ1) is 12.5. The van der Waals surface area contributed by atoms with Gasteiger partial charge in [-0.2, -0.15) is 4.31 Å². The van der Waals surface area contributed by atoms with Crippen molar-refractivity contribution in [2.45, 2.75) is 38.0 Å². The van der Waals surface area contributed by atoms with E-state index in [1.165, 1.54) is 22.5 Å². The minimum Gasteiger partial charge on any atom is -0.379 e.